The van der Waals surface area contributed by atoms with E-state index in [-0.39, 0.29) is 13.2 Å². The number of fused-ring (bicyclic) bond motifs is 1. The molecule has 10 heteroatoms. The first-order valence-corrected chi connectivity index (χ1v) is 14.9. The molecule has 2 aromatic heterocycles. The summed E-state index contributed by atoms with van der Waals surface area (Å²) in [5.74, 6) is -1.94. The van der Waals surface area contributed by atoms with E-state index in [1.54, 1.807) is 10.7 Å². The Balaban J connectivity index is 1.34. The van der Waals surface area contributed by atoms with E-state index < -0.39 is 24.1 Å². The quantitative estimate of drug-likeness (QED) is 0.208. The number of aromatic nitrogens is 4. The van der Waals surface area contributed by atoms with Crippen molar-refractivity contribution in [1.82, 2.24) is 19.6 Å². The third-order valence-electron chi connectivity index (χ3n) is 7.16. The Morgan fingerprint density at radius 3 is 2.05 bits per heavy atom. The zero-order valence-corrected chi connectivity index (χ0v) is 24.0. The molecule has 0 saturated carbocycles. The van der Waals surface area contributed by atoms with E-state index >= 15 is 0 Å². The van der Waals surface area contributed by atoms with Crippen LogP contribution in [-0.4, -0.2) is 55.9 Å². The Morgan fingerprint density at radius 1 is 0.833 bits per heavy atom. The molecule has 9 nitrogen and oxygen atoms in total. The highest BCUT2D eigenvalue weighted by molar-refractivity contribution is 7.98. The number of ether oxygens (including phenoxy) is 4. The molecule has 0 spiro atoms. The van der Waals surface area contributed by atoms with Gasteiger partial charge < -0.3 is 24.1 Å². The summed E-state index contributed by atoms with van der Waals surface area (Å²) in [5, 5.41) is 17.5. The summed E-state index contributed by atoms with van der Waals surface area (Å²) >= 11 is 1.44. The first kappa shape index (κ1) is 28.5. The summed E-state index contributed by atoms with van der Waals surface area (Å²) in [4.78, 5) is 8.84. The van der Waals surface area contributed by atoms with Gasteiger partial charge in [-0.15, -0.1) is 11.8 Å². The van der Waals surface area contributed by atoms with Crippen molar-refractivity contribution < 1.29 is 24.1 Å². The summed E-state index contributed by atoms with van der Waals surface area (Å²) in [6, 6.07) is 29.6. The molecule has 0 bridgehead atoms. The minimum absolute atomic E-state index is 0.170. The molecule has 1 aliphatic rings. The molecular weight excluding hydrogens is 552 g/mol. The molecule has 1 saturated heterocycles. The highest BCUT2D eigenvalue weighted by Gasteiger charge is 2.59. The molecule has 0 amide bonds. The van der Waals surface area contributed by atoms with E-state index in [0.29, 0.717) is 29.6 Å². The van der Waals surface area contributed by atoms with E-state index in [2.05, 4.69) is 15.1 Å². The highest BCUT2D eigenvalue weighted by Crippen LogP contribution is 2.42. The number of nitrogens with zero attached hydrogens (tertiary/aromatic N) is 4. The molecule has 1 fully saturated rings. The molecule has 42 heavy (non-hydrogen) atoms. The second kappa shape index (κ2) is 13.1. The third-order valence-corrected chi connectivity index (χ3v) is 7.84. The van der Waals surface area contributed by atoms with Crippen LogP contribution in [0, 0.1) is 0 Å². The summed E-state index contributed by atoms with van der Waals surface area (Å²) in [6.07, 6.45) is 2.64. The average Bonchev–Trinajstić information content (AvgIpc) is 3.60. The number of rotatable bonds is 12. The van der Waals surface area contributed by atoms with Gasteiger partial charge in [0.15, 0.2) is 5.65 Å². The van der Waals surface area contributed by atoms with E-state index in [9.17, 15) is 5.11 Å². The monoisotopic (exact) mass is 584 g/mol. The Hall–Kier alpha value is -3.64. The number of benzene rings is 3. The SMILES string of the molecule is CSc1ncnn2c(C3(O)O[C@H](COCc4ccccc4)[C@@H](OCc4ccccc4)[C@H]3OCc3ccccc3)cnc12. The van der Waals surface area contributed by atoms with Gasteiger partial charge in [-0.25, -0.2) is 14.5 Å². The number of thioether (sulfide) groups is 1. The maximum atomic E-state index is 12.4. The largest absolute Gasteiger partial charge is 0.374 e. The fourth-order valence-corrected chi connectivity index (χ4v) is 5.57. The second-order valence-corrected chi connectivity index (χ2v) is 10.8. The summed E-state index contributed by atoms with van der Waals surface area (Å²) in [5.41, 5.74) is 3.82. The minimum atomic E-state index is -1.94. The molecule has 0 radical (unpaired) electrons. The van der Waals surface area contributed by atoms with Gasteiger partial charge >= 0.3 is 0 Å². The standard InChI is InChI=1S/C32H32N4O5S/c1-42-31-30-33-17-27(36(30)35-22-34-31)32(37)29(40-20-25-15-9-4-10-16-25)28(39-19-24-13-7-3-8-14-24)26(41-32)21-38-18-23-11-5-2-6-12-23/h2-17,22,26,28-29,37H,18-21H2,1H3/t26-,28-,29-,32?/m1/s1. The molecule has 0 aliphatic carbocycles. The molecule has 3 heterocycles. The van der Waals surface area contributed by atoms with Crippen molar-refractivity contribution >= 4 is 17.4 Å². The Morgan fingerprint density at radius 2 is 1.43 bits per heavy atom. The van der Waals surface area contributed by atoms with E-state index in [4.69, 9.17) is 18.9 Å². The van der Waals surface area contributed by atoms with Crippen molar-refractivity contribution in [1.29, 1.82) is 0 Å². The summed E-state index contributed by atoms with van der Waals surface area (Å²) in [7, 11) is 0. The molecule has 5 aromatic rings. The van der Waals surface area contributed by atoms with Gasteiger partial charge in [0.1, 0.15) is 35.4 Å². The van der Waals surface area contributed by atoms with Crippen molar-refractivity contribution in [3.8, 4) is 0 Å². The van der Waals surface area contributed by atoms with Gasteiger partial charge in [-0.3, -0.25) is 0 Å². The normalized spacial score (nSPS) is 22.1. The molecule has 3 aromatic carbocycles. The first-order valence-electron chi connectivity index (χ1n) is 13.7. The number of aliphatic hydroxyl groups is 1. The summed E-state index contributed by atoms with van der Waals surface area (Å²) < 4.78 is 27.1. The zero-order chi connectivity index (χ0) is 28.8. The van der Waals surface area contributed by atoms with Crippen molar-refractivity contribution in [3.63, 3.8) is 0 Å². The van der Waals surface area contributed by atoms with Gasteiger partial charge in [0.25, 0.3) is 0 Å². The maximum absolute atomic E-state index is 12.4. The van der Waals surface area contributed by atoms with Crippen LogP contribution >= 0.6 is 11.8 Å². The van der Waals surface area contributed by atoms with Crippen LogP contribution in [0.1, 0.15) is 22.4 Å². The maximum Gasteiger partial charge on any atom is 0.242 e. The van der Waals surface area contributed by atoms with Crippen molar-refractivity contribution in [3.05, 3.63) is 126 Å². The number of imidazole rings is 1. The van der Waals surface area contributed by atoms with Crippen LogP contribution in [0.5, 0.6) is 0 Å². The Bertz CT molecular complexity index is 1570. The van der Waals surface area contributed by atoms with Gasteiger partial charge in [0.05, 0.1) is 32.6 Å². The lowest BCUT2D eigenvalue weighted by Crippen LogP contribution is -2.45. The van der Waals surface area contributed by atoms with E-state index in [0.717, 1.165) is 16.7 Å². The van der Waals surface area contributed by atoms with Gasteiger partial charge in [-0.1, -0.05) is 91.0 Å². The number of hydrogen-bond acceptors (Lipinski definition) is 9. The topological polar surface area (TPSA) is 100 Å². The van der Waals surface area contributed by atoms with Crippen LogP contribution in [0.25, 0.3) is 5.65 Å². The fraction of sp³-hybridized carbons (Fsp3) is 0.281. The molecule has 216 valence electrons. The molecular formula is C32H32N4O5S. The van der Waals surface area contributed by atoms with Crippen molar-refractivity contribution in [2.45, 2.75) is 48.9 Å². The van der Waals surface area contributed by atoms with Crippen LogP contribution in [0.15, 0.2) is 109 Å². The second-order valence-electron chi connectivity index (χ2n) is 9.98. The average molecular weight is 585 g/mol. The molecule has 1 N–H and O–H groups in total. The van der Waals surface area contributed by atoms with E-state index in [1.165, 1.54) is 18.1 Å². The van der Waals surface area contributed by atoms with Crippen molar-refractivity contribution in [2.75, 3.05) is 12.9 Å². The van der Waals surface area contributed by atoms with Crippen LogP contribution < -0.4 is 0 Å². The molecule has 4 atom stereocenters. The van der Waals surface area contributed by atoms with Gasteiger partial charge in [-0.2, -0.15) is 5.10 Å². The predicted octanol–water partition coefficient (Wildman–Crippen LogP) is 4.78. The van der Waals surface area contributed by atoms with Crippen molar-refractivity contribution in [2.24, 2.45) is 0 Å². The Kier molecular flexibility index (Phi) is 8.90. The van der Waals surface area contributed by atoms with Crippen LogP contribution in [-0.2, 0) is 44.6 Å². The first-order chi connectivity index (χ1) is 20.7. The molecule has 1 unspecified atom stereocenters. The zero-order valence-electron chi connectivity index (χ0n) is 23.2. The minimum Gasteiger partial charge on any atom is -0.374 e. The number of hydrogen-bond donors (Lipinski definition) is 1. The summed E-state index contributed by atoms with van der Waals surface area (Å²) in [6.45, 7) is 1.10. The molecule has 1 aliphatic heterocycles. The smallest absolute Gasteiger partial charge is 0.242 e. The van der Waals surface area contributed by atoms with Crippen LogP contribution in [0.3, 0.4) is 0 Å². The van der Waals surface area contributed by atoms with Crippen LogP contribution in [0.2, 0.25) is 0 Å². The lowest BCUT2D eigenvalue weighted by molar-refractivity contribution is -0.256. The lowest BCUT2D eigenvalue weighted by atomic mass is 10.0. The predicted molar refractivity (Wildman–Crippen MR) is 157 cm³/mol. The van der Waals surface area contributed by atoms with Crippen LogP contribution in [0.4, 0.5) is 0 Å². The van der Waals surface area contributed by atoms with Gasteiger partial charge in [0.2, 0.25) is 5.79 Å². The van der Waals surface area contributed by atoms with Gasteiger partial charge in [0, 0.05) is 0 Å². The van der Waals surface area contributed by atoms with Gasteiger partial charge in [-0.05, 0) is 22.9 Å². The molecule has 6 rings (SSSR count). The Labute approximate surface area is 248 Å². The fourth-order valence-electron chi connectivity index (χ4n) is 5.10. The third kappa shape index (κ3) is 6.10. The highest BCUT2D eigenvalue weighted by atomic mass is 32.2. The van der Waals surface area contributed by atoms with E-state index in [1.807, 2.05) is 97.3 Å². The lowest BCUT2D eigenvalue weighted by Gasteiger charge is -2.30.